The van der Waals surface area contributed by atoms with Gasteiger partial charge in [-0.15, -0.1) is 0 Å². The maximum absolute atomic E-state index is 6.38. The number of methoxy groups -OCH3 is 1. The molecule has 27 heavy (non-hydrogen) atoms. The minimum atomic E-state index is 0.538. The fourth-order valence-corrected chi connectivity index (χ4v) is 3.47. The predicted molar refractivity (Wildman–Crippen MR) is 113 cm³/mol. The lowest BCUT2D eigenvalue weighted by Crippen LogP contribution is -2.11. The summed E-state index contributed by atoms with van der Waals surface area (Å²) in [5.41, 5.74) is 2.44. The van der Waals surface area contributed by atoms with Gasteiger partial charge in [-0.25, -0.2) is 15.0 Å². The van der Waals surface area contributed by atoms with Crippen molar-refractivity contribution in [3.63, 3.8) is 0 Å². The SMILES string of the molecule is CCCNc1ncc(-c2cc(-c3ccccc3Cl)nc(NCCOC)n2)s1. The summed E-state index contributed by atoms with van der Waals surface area (Å²) in [6.07, 6.45) is 2.88. The number of aromatic nitrogens is 3. The Labute approximate surface area is 168 Å². The highest BCUT2D eigenvalue weighted by molar-refractivity contribution is 7.18. The molecule has 6 nitrogen and oxygen atoms in total. The molecule has 2 heterocycles. The average molecular weight is 404 g/mol. The Morgan fingerprint density at radius 2 is 1.93 bits per heavy atom. The summed E-state index contributed by atoms with van der Waals surface area (Å²) in [5.74, 6) is 0.538. The van der Waals surface area contributed by atoms with Crippen LogP contribution in [0, 0.1) is 0 Å². The van der Waals surface area contributed by atoms with Gasteiger partial charge in [0, 0.05) is 37.0 Å². The van der Waals surface area contributed by atoms with Crippen molar-refractivity contribution < 1.29 is 4.74 Å². The van der Waals surface area contributed by atoms with Gasteiger partial charge in [-0.05, 0) is 18.6 Å². The van der Waals surface area contributed by atoms with Crippen LogP contribution in [0.15, 0.2) is 36.5 Å². The Kier molecular flexibility index (Phi) is 6.98. The van der Waals surface area contributed by atoms with Crippen molar-refractivity contribution in [3.8, 4) is 21.8 Å². The molecule has 0 fully saturated rings. The minimum absolute atomic E-state index is 0.538. The number of anilines is 2. The fourth-order valence-electron chi connectivity index (χ4n) is 2.43. The Hall–Kier alpha value is -2.22. The Morgan fingerprint density at radius 1 is 1.11 bits per heavy atom. The largest absolute Gasteiger partial charge is 0.383 e. The molecule has 0 aliphatic heterocycles. The van der Waals surface area contributed by atoms with Crippen LogP contribution in [0.4, 0.5) is 11.1 Å². The van der Waals surface area contributed by atoms with E-state index in [0.717, 1.165) is 39.9 Å². The van der Waals surface area contributed by atoms with Gasteiger partial charge in [0.2, 0.25) is 5.95 Å². The van der Waals surface area contributed by atoms with Crippen molar-refractivity contribution in [2.24, 2.45) is 0 Å². The van der Waals surface area contributed by atoms with E-state index in [1.54, 1.807) is 18.4 Å². The number of halogens is 1. The quantitative estimate of drug-likeness (QED) is 0.500. The molecule has 0 bridgehead atoms. The molecule has 0 spiro atoms. The minimum Gasteiger partial charge on any atom is -0.383 e. The van der Waals surface area contributed by atoms with Crippen molar-refractivity contribution in [1.82, 2.24) is 15.0 Å². The van der Waals surface area contributed by atoms with Gasteiger partial charge in [0.25, 0.3) is 0 Å². The zero-order valence-electron chi connectivity index (χ0n) is 15.3. The second-order valence-corrected chi connectivity index (χ2v) is 7.26. The van der Waals surface area contributed by atoms with Gasteiger partial charge in [0.05, 0.1) is 22.9 Å². The molecule has 142 valence electrons. The highest BCUT2D eigenvalue weighted by Gasteiger charge is 2.13. The highest BCUT2D eigenvalue weighted by atomic mass is 35.5. The van der Waals surface area contributed by atoms with Crippen LogP contribution < -0.4 is 10.6 Å². The van der Waals surface area contributed by atoms with E-state index in [2.05, 4.69) is 32.5 Å². The molecular weight excluding hydrogens is 382 g/mol. The van der Waals surface area contributed by atoms with Crippen LogP contribution in [0.25, 0.3) is 21.8 Å². The standard InChI is InChI=1S/C19H22ClN5OS/c1-3-8-22-19-23-12-17(27-19)16-11-15(13-6-4-5-7-14(13)20)24-18(25-16)21-9-10-26-2/h4-7,11-12H,3,8-10H2,1-2H3,(H,22,23)(H,21,24,25). The number of hydrogen-bond donors (Lipinski definition) is 2. The van der Waals surface area contributed by atoms with Crippen LogP contribution in [0.5, 0.6) is 0 Å². The van der Waals surface area contributed by atoms with Crippen LogP contribution in [0.3, 0.4) is 0 Å². The molecule has 0 aliphatic rings. The number of nitrogens with zero attached hydrogens (tertiary/aromatic N) is 3. The van der Waals surface area contributed by atoms with E-state index < -0.39 is 0 Å². The molecule has 0 unspecified atom stereocenters. The summed E-state index contributed by atoms with van der Waals surface area (Å²) in [6.45, 7) is 4.21. The third kappa shape index (κ3) is 5.15. The molecule has 0 atom stereocenters. The van der Waals surface area contributed by atoms with E-state index in [4.69, 9.17) is 16.3 Å². The zero-order valence-corrected chi connectivity index (χ0v) is 16.9. The van der Waals surface area contributed by atoms with Gasteiger partial charge < -0.3 is 15.4 Å². The zero-order chi connectivity index (χ0) is 19.1. The number of nitrogens with one attached hydrogen (secondary N) is 2. The first-order valence-electron chi connectivity index (χ1n) is 8.78. The van der Waals surface area contributed by atoms with Gasteiger partial charge in [0.1, 0.15) is 0 Å². The van der Waals surface area contributed by atoms with Crippen LogP contribution in [-0.4, -0.2) is 41.8 Å². The third-order valence-corrected chi connectivity index (χ3v) is 5.06. The molecule has 1 aromatic carbocycles. The topological polar surface area (TPSA) is 72.0 Å². The first kappa shape index (κ1) is 19.5. The lowest BCUT2D eigenvalue weighted by molar-refractivity contribution is 0.210. The molecule has 3 rings (SSSR count). The number of thiazole rings is 1. The molecule has 0 aliphatic carbocycles. The van der Waals surface area contributed by atoms with Crippen molar-refractivity contribution >= 4 is 34.0 Å². The van der Waals surface area contributed by atoms with E-state index in [0.29, 0.717) is 24.1 Å². The van der Waals surface area contributed by atoms with Crippen LogP contribution in [-0.2, 0) is 4.74 Å². The number of rotatable bonds is 9. The third-order valence-electron chi connectivity index (χ3n) is 3.75. The van der Waals surface area contributed by atoms with Crippen molar-refractivity contribution in [1.29, 1.82) is 0 Å². The molecule has 0 radical (unpaired) electrons. The van der Waals surface area contributed by atoms with Crippen LogP contribution in [0.2, 0.25) is 5.02 Å². The summed E-state index contributed by atoms with van der Waals surface area (Å²) < 4.78 is 5.10. The molecule has 8 heteroatoms. The Bertz CT molecular complexity index is 886. The first-order chi connectivity index (χ1) is 13.2. The first-order valence-corrected chi connectivity index (χ1v) is 9.97. The summed E-state index contributed by atoms with van der Waals surface area (Å²) in [4.78, 5) is 14.7. The average Bonchev–Trinajstić information content (AvgIpc) is 3.16. The van der Waals surface area contributed by atoms with Gasteiger partial charge in [0.15, 0.2) is 5.13 Å². The van der Waals surface area contributed by atoms with Crippen molar-refractivity contribution in [2.45, 2.75) is 13.3 Å². The van der Waals surface area contributed by atoms with Gasteiger partial charge in [-0.1, -0.05) is 48.1 Å². The van der Waals surface area contributed by atoms with Crippen molar-refractivity contribution in [2.75, 3.05) is 37.4 Å². The van der Waals surface area contributed by atoms with Crippen LogP contribution >= 0.6 is 22.9 Å². The van der Waals surface area contributed by atoms with Crippen LogP contribution in [0.1, 0.15) is 13.3 Å². The normalized spacial score (nSPS) is 10.8. The molecule has 3 aromatic rings. The smallest absolute Gasteiger partial charge is 0.223 e. The van der Waals surface area contributed by atoms with Crippen molar-refractivity contribution in [3.05, 3.63) is 41.6 Å². The second kappa shape index (κ2) is 9.64. The fraction of sp³-hybridized carbons (Fsp3) is 0.316. The predicted octanol–water partition coefficient (Wildman–Crippen LogP) is 4.80. The summed E-state index contributed by atoms with van der Waals surface area (Å²) in [7, 11) is 1.66. The lowest BCUT2D eigenvalue weighted by atomic mass is 10.1. The Morgan fingerprint density at radius 3 is 2.70 bits per heavy atom. The second-order valence-electron chi connectivity index (χ2n) is 5.82. The van der Waals surface area contributed by atoms with Gasteiger partial charge >= 0.3 is 0 Å². The highest BCUT2D eigenvalue weighted by Crippen LogP contribution is 2.33. The monoisotopic (exact) mass is 403 g/mol. The van der Waals surface area contributed by atoms with E-state index in [1.165, 1.54) is 0 Å². The van der Waals surface area contributed by atoms with Gasteiger partial charge in [-0.3, -0.25) is 0 Å². The summed E-state index contributed by atoms with van der Waals surface area (Å²) >= 11 is 7.95. The number of ether oxygens (including phenoxy) is 1. The summed E-state index contributed by atoms with van der Waals surface area (Å²) in [5, 5.41) is 8.05. The molecule has 0 saturated heterocycles. The van der Waals surface area contributed by atoms with E-state index in [1.807, 2.05) is 36.5 Å². The van der Waals surface area contributed by atoms with Gasteiger partial charge in [-0.2, -0.15) is 0 Å². The Balaban J connectivity index is 1.97. The molecule has 2 aromatic heterocycles. The van der Waals surface area contributed by atoms with E-state index >= 15 is 0 Å². The van der Waals surface area contributed by atoms with E-state index in [9.17, 15) is 0 Å². The molecule has 0 saturated carbocycles. The van der Waals surface area contributed by atoms with E-state index in [-0.39, 0.29) is 0 Å². The lowest BCUT2D eigenvalue weighted by Gasteiger charge is -2.10. The maximum Gasteiger partial charge on any atom is 0.223 e. The molecule has 2 N–H and O–H groups in total. The number of hydrogen-bond acceptors (Lipinski definition) is 7. The molecule has 0 amide bonds. The molecular formula is C19H22ClN5OS. The summed E-state index contributed by atoms with van der Waals surface area (Å²) in [6, 6.07) is 9.60. The number of benzene rings is 1. The maximum atomic E-state index is 6.38.